The normalized spacial score (nSPS) is 16.3. The molecule has 1 aliphatic carbocycles. The Bertz CT molecular complexity index is 834. The first-order chi connectivity index (χ1) is 12.8. The Hall–Kier alpha value is -2.88. The van der Waals surface area contributed by atoms with Crippen LogP contribution in [0.4, 0.5) is 17.6 Å². The van der Waals surface area contributed by atoms with Crippen LogP contribution in [-0.2, 0) is 12.8 Å². The number of hydrogen-bond donors (Lipinski definition) is 1. The second-order valence-corrected chi connectivity index (χ2v) is 6.67. The van der Waals surface area contributed by atoms with Crippen molar-refractivity contribution in [3.05, 3.63) is 35.2 Å². The van der Waals surface area contributed by atoms with Gasteiger partial charge in [0.2, 0.25) is 5.95 Å². The molecule has 0 spiro atoms. The first kappa shape index (κ1) is 16.6. The minimum Gasteiger partial charge on any atom is -0.354 e. The number of piperazine rings is 1. The summed E-state index contributed by atoms with van der Waals surface area (Å²) in [4.78, 5) is 18.2. The highest BCUT2D eigenvalue weighted by Gasteiger charge is 2.24. The molecule has 0 radical (unpaired) electrons. The van der Waals surface area contributed by atoms with Crippen LogP contribution in [0.2, 0.25) is 0 Å². The van der Waals surface area contributed by atoms with Crippen LogP contribution in [0.15, 0.2) is 18.3 Å². The van der Waals surface area contributed by atoms with Gasteiger partial charge in [0.1, 0.15) is 17.7 Å². The highest BCUT2D eigenvalue weighted by atomic mass is 15.3. The van der Waals surface area contributed by atoms with Gasteiger partial charge in [-0.1, -0.05) is 0 Å². The van der Waals surface area contributed by atoms with E-state index in [0.29, 0.717) is 11.5 Å². The Morgan fingerprint density at radius 1 is 1.15 bits per heavy atom. The van der Waals surface area contributed by atoms with Crippen LogP contribution in [0.1, 0.15) is 30.2 Å². The molecule has 0 saturated carbocycles. The van der Waals surface area contributed by atoms with E-state index in [2.05, 4.69) is 31.2 Å². The molecule has 0 unspecified atom stereocenters. The highest BCUT2D eigenvalue weighted by molar-refractivity contribution is 5.58. The minimum absolute atomic E-state index is 0.666. The molecule has 0 amide bonds. The number of anilines is 3. The third-order valence-electron chi connectivity index (χ3n) is 5.03. The second-order valence-electron chi connectivity index (χ2n) is 6.67. The predicted octanol–water partition coefficient (Wildman–Crippen LogP) is 1.99. The van der Waals surface area contributed by atoms with Crippen LogP contribution in [-0.4, -0.2) is 47.7 Å². The first-order valence-electron chi connectivity index (χ1n) is 9.28. The molecule has 2 aromatic heterocycles. The Morgan fingerprint density at radius 2 is 1.96 bits per heavy atom. The molecule has 7 heteroatoms. The van der Waals surface area contributed by atoms with E-state index >= 15 is 0 Å². The molecule has 0 bridgehead atoms. The summed E-state index contributed by atoms with van der Waals surface area (Å²) < 4.78 is 0. The number of aryl methyl sites for hydroxylation is 2. The van der Waals surface area contributed by atoms with E-state index in [4.69, 9.17) is 4.98 Å². The van der Waals surface area contributed by atoms with Crippen molar-refractivity contribution in [2.75, 3.05) is 47.8 Å². The third kappa shape index (κ3) is 3.15. The van der Waals surface area contributed by atoms with Crippen LogP contribution in [0, 0.1) is 11.3 Å². The molecule has 3 heterocycles. The summed E-state index contributed by atoms with van der Waals surface area (Å²) in [6.07, 6.45) is 5.02. The lowest BCUT2D eigenvalue weighted by Gasteiger charge is -2.36. The summed E-state index contributed by atoms with van der Waals surface area (Å²) in [6, 6.07) is 6.34. The lowest BCUT2D eigenvalue weighted by Crippen LogP contribution is -2.47. The molecular formula is C19H23N7. The minimum atomic E-state index is 0.666. The van der Waals surface area contributed by atoms with E-state index in [1.165, 1.54) is 11.3 Å². The Balaban J connectivity index is 1.49. The average molecular weight is 349 g/mol. The fourth-order valence-corrected chi connectivity index (χ4v) is 3.70. The van der Waals surface area contributed by atoms with Gasteiger partial charge >= 0.3 is 0 Å². The van der Waals surface area contributed by atoms with Gasteiger partial charge in [-0.2, -0.15) is 10.2 Å². The van der Waals surface area contributed by atoms with Gasteiger partial charge in [0.05, 0.1) is 5.56 Å². The Kier molecular flexibility index (Phi) is 4.57. The summed E-state index contributed by atoms with van der Waals surface area (Å²) >= 11 is 0. The van der Waals surface area contributed by atoms with E-state index < -0.39 is 0 Å². The van der Waals surface area contributed by atoms with Gasteiger partial charge in [-0.25, -0.2) is 9.97 Å². The quantitative estimate of drug-likeness (QED) is 0.904. The smallest absolute Gasteiger partial charge is 0.224 e. The maximum atomic E-state index is 9.54. The van der Waals surface area contributed by atoms with Crippen LogP contribution in [0.3, 0.4) is 0 Å². The SMILES string of the molecule is CCNc1nccc(N2CCN(c3nc4c(cc3C#N)CCC4)CC2)n1. The molecule has 1 fully saturated rings. The molecule has 0 atom stereocenters. The van der Waals surface area contributed by atoms with Crippen LogP contribution < -0.4 is 15.1 Å². The molecule has 2 aromatic rings. The van der Waals surface area contributed by atoms with Crippen molar-refractivity contribution in [3.8, 4) is 6.07 Å². The fraction of sp³-hybridized carbons (Fsp3) is 0.474. The number of rotatable bonds is 4. The first-order valence-corrected chi connectivity index (χ1v) is 9.28. The fourth-order valence-electron chi connectivity index (χ4n) is 3.70. The van der Waals surface area contributed by atoms with E-state index in [0.717, 1.165) is 63.6 Å². The van der Waals surface area contributed by atoms with Crippen molar-refractivity contribution in [3.63, 3.8) is 0 Å². The maximum Gasteiger partial charge on any atom is 0.224 e. The molecule has 26 heavy (non-hydrogen) atoms. The van der Waals surface area contributed by atoms with Crippen molar-refractivity contribution in [1.82, 2.24) is 15.0 Å². The summed E-state index contributed by atoms with van der Waals surface area (Å²) in [5.41, 5.74) is 3.13. The number of hydrogen-bond acceptors (Lipinski definition) is 7. The summed E-state index contributed by atoms with van der Waals surface area (Å²) in [6.45, 7) is 6.21. The summed E-state index contributed by atoms with van der Waals surface area (Å²) in [7, 11) is 0. The van der Waals surface area contributed by atoms with Crippen molar-refractivity contribution >= 4 is 17.6 Å². The largest absolute Gasteiger partial charge is 0.354 e. The van der Waals surface area contributed by atoms with E-state index in [1.807, 2.05) is 19.1 Å². The highest BCUT2D eigenvalue weighted by Crippen LogP contribution is 2.28. The van der Waals surface area contributed by atoms with E-state index in [9.17, 15) is 5.26 Å². The summed E-state index contributed by atoms with van der Waals surface area (Å²) in [5, 5.41) is 12.7. The molecule has 2 aliphatic rings. The number of nitrogens with zero attached hydrogens (tertiary/aromatic N) is 6. The van der Waals surface area contributed by atoms with Gasteiger partial charge in [0.15, 0.2) is 0 Å². The van der Waals surface area contributed by atoms with Gasteiger partial charge in [-0.15, -0.1) is 0 Å². The zero-order chi connectivity index (χ0) is 17.9. The zero-order valence-electron chi connectivity index (χ0n) is 15.1. The zero-order valence-corrected chi connectivity index (χ0v) is 15.1. The number of nitriles is 1. The topological polar surface area (TPSA) is 81.0 Å². The molecule has 1 aliphatic heterocycles. The molecule has 1 saturated heterocycles. The van der Waals surface area contributed by atoms with Crippen molar-refractivity contribution in [2.24, 2.45) is 0 Å². The Morgan fingerprint density at radius 3 is 2.73 bits per heavy atom. The molecule has 7 nitrogen and oxygen atoms in total. The number of fused-ring (bicyclic) bond motifs is 1. The lowest BCUT2D eigenvalue weighted by molar-refractivity contribution is 0.639. The van der Waals surface area contributed by atoms with Crippen molar-refractivity contribution in [1.29, 1.82) is 5.26 Å². The van der Waals surface area contributed by atoms with E-state index in [-0.39, 0.29) is 0 Å². The van der Waals surface area contributed by atoms with Crippen molar-refractivity contribution in [2.45, 2.75) is 26.2 Å². The standard InChI is InChI=1S/C19H23N7/c1-2-21-19-22-7-6-17(24-19)25-8-10-26(11-9-25)18-15(13-20)12-14-4-3-5-16(14)23-18/h6-7,12H,2-5,8-11H2,1H3,(H,21,22,24). The van der Waals surface area contributed by atoms with Crippen LogP contribution >= 0.6 is 0 Å². The van der Waals surface area contributed by atoms with Gasteiger partial charge in [-0.3, -0.25) is 0 Å². The number of nitrogens with one attached hydrogen (secondary N) is 1. The van der Waals surface area contributed by atoms with Gasteiger partial charge in [0, 0.05) is 44.6 Å². The third-order valence-corrected chi connectivity index (χ3v) is 5.03. The van der Waals surface area contributed by atoms with Gasteiger partial charge in [-0.05, 0) is 43.9 Å². The Labute approximate surface area is 153 Å². The van der Waals surface area contributed by atoms with Crippen LogP contribution in [0.25, 0.3) is 0 Å². The average Bonchev–Trinajstić information content (AvgIpc) is 3.15. The van der Waals surface area contributed by atoms with Crippen LogP contribution in [0.5, 0.6) is 0 Å². The molecular weight excluding hydrogens is 326 g/mol. The lowest BCUT2D eigenvalue weighted by atomic mass is 10.1. The van der Waals surface area contributed by atoms with Gasteiger partial charge < -0.3 is 15.1 Å². The monoisotopic (exact) mass is 349 g/mol. The van der Waals surface area contributed by atoms with Gasteiger partial charge in [0.25, 0.3) is 0 Å². The number of pyridine rings is 1. The predicted molar refractivity (Wildman–Crippen MR) is 102 cm³/mol. The molecule has 0 aromatic carbocycles. The molecule has 4 rings (SSSR count). The second kappa shape index (κ2) is 7.16. The molecule has 1 N–H and O–H groups in total. The van der Waals surface area contributed by atoms with E-state index in [1.54, 1.807) is 6.20 Å². The summed E-state index contributed by atoms with van der Waals surface area (Å²) in [5.74, 6) is 2.46. The van der Waals surface area contributed by atoms with Crippen molar-refractivity contribution < 1.29 is 0 Å². The molecule has 134 valence electrons. The maximum absolute atomic E-state index is 9.54. The number of aromatic nitrogens is 3.